The summed E-state index contributed by atoms with van der Waals surface area (Å²) in [6.07, 6.45) is 5.92. The number of hydrogen-bond donors (Lipinski definition) is 0. The number of likely N-dealkylation sites (tertiary alicyclic amines) is 1. The normalized spacial score (nSPS) is 21.1. The number of morpholine rings is 1. The highest BCUT2D eigenvalue weighted by Gasteiger charge is 2.37. The number of hydrogen-bond acceptors (Lipinski definition) is 6. The van der Waals surface area contributed by atoms with E-state index in [1.165, 1.54) is 0 Å². The van der Waals surface area contributed by atoms with Crippen molar-refractivity contribution in [1.82, 2.24) is 14.8 Å². The average Bonchev–Trinajstić information content (AvgIpc) is 3.52. The molecule has 3 aliphatic rings. The lowest BCUT2D eigenvalue weighted by Gasteiger charge is -2.33. The maximum absolute atomic E-state index is 13.3. The van der Waals surface area contributed by atoms with Crippen LogP contribution in [-0.4, -0.2) is 72.4 Å². The molecule has 3 aromatic rings. The summed E-state index contributed by atoms with van der Waals surface area (Å²) in [5.41, 5.74) is 3.87. The number of ketones is 1. The zero-order valence-corrected chi connectivity index (χ0v) is 20.4. The van der Waals surface area contributed by atoms with Crippen molar-refractivity contribution < 1.29 is 18.7 Å². The van der Waals surface area contributed by atoms with Gasteiger partial charge in [-0.1, -0.05) is 24.3 Å². The number of rotatable bonds is 5. The van der Waals surface area contributed by atoms with Crippen LogP contribution in [0.1, 0.15) is 52.1 Å². The molecule has 2 saturated heterocycles. The second-order valence-electron chi connectivity index (χ2n) is 9.98. The summed E-state index contributed by atoms with van der Waals surface area (Å²) in [5.74, 6) is 1.91. The molecule has 0 radical (unpaired) electrons. The molecule has 2 aromatic heterocycles. The number of carbonyl (C=O) groups excluding carboxylic acids is 2. The van der Waals surface area contributed by atoms with Gasteiger partial charge in [0.2, 0.25) is 5.91 Å². The van der Waals surface area contributed by atoms with Gasteiger partial charge < -0.3 is 14.1 Å². The quantitative estimate of drug-likeness (QED) is 0.546. The van der Waals surface area contributed by atoms with Gasteiger partial charge in [0.1, 0.15) is 11.5 Å². The Labute approximate surface area is 211 Å². The van der Waals surface area contributed by atoms with Crippen LogP contribution in [0.5, 0.6) is 0 Å². The number of nitrogens with zero attached hydrogens (tertiary/aromatic N) is 3. The Morgan fingerprint density at radius 3 is 2.47 bits per heavy atom. The number of amides is 1. The van der Waals surface area contributed by atoms with E-state index in [4.69, 9.17) is 9.15 Å². The lowest BCUT2D eigenvalue weighted by atomic mass is 9.92. The number of pyridine rings is 1. The van der Waals surface area contributed by atoms with E-state index < -0.39 is 0 Å². The van der Waals surface area contributed by atoms with Crippen LogP contribution in [0.25, 0.3) is 11.1 Å². The van der Waals surface area contributed by atoms with Crippen LogP contribution in [0.15, 0.2) is 59.3 Å². The number of piperidine rings is 1. The lowest BCUT2D eigenvalue weighted by Crippen LogP contribution is -2.46. The van der Waals surface area contributed by atoms with Crippen molar-refractivity contribution in [3.63, 3.8) is 0 Å². The van der Waals surface area contributed by atoms with E-state index in [1.54, 1.807) is 12.4 Å². The largest absolute Gasteiger partial charge is 0.464 e. The minimum Gasteiger partial charge on any atom is -0.464 e. The molecule has 36 heavy (non-hydrogen) atoms. The number of fused-ring (bicyclic) bond motifs is 1. The topological polar surface area (TPSA) is 75.9 Å². The fourth-order valence-corrected chi connectivity index (χ4v) is 5.76. The molecule has 2 aliphatic heterocycles. The van der Waals surface area contributed by atoms with Crippen LogP contribution in [0.4, 0.5) is 0 Å². The predicted octanol–water partition coefficient (Wildman–Crippen LogP) is 3.90. The molecule has 0 saturated carbocycles. The van der Waals surface area contributed by atoms with Crippen LogP contribution >= 0.6 is 0 Å². The fourth-order valence-electron chi connectivity index (χ4n) is 5.76. The SMILES string of the molecule is O=C1c2ccccc2CC1c1oc(C2CCN(C(=O)CN3CCOCC3)CC2)cc1-c1ccncc1. The summed E-state index contributed by atoms with van der Waals surface area (Å²) in [5, 5.41) is 0. The third-order valence-electron chi connectivity index (χ3n) is 7.82. The van der Waals surface area contributed by atoms with Gasteiger partial charge in [-0.2, -0.15) is 0 Å². The van der Waals surface area contributed by atoms with Gasteiger partial charge in [0, 0.05) is 55.6 Å². The van der Waals surface area contributed by atoms with E-state index in [2.05, 4.69) is 16.0 Å². The molecule has 0 bridgehead atoms. The molecule has 1 unspecified atom stereocenters. The van der Waals surface area contributed by atoms with Gasteiger partial charge in [-0.25, -0.2) is 0 Å². The Balaban J connectivity index is 1.20. The van der Waals surface area contributed by atoms with Crippen molar-refractivity contribution in [3.05, 3.63) is 77.5 Å². The van der Waals surface area contributed by atoms with E-state index >= 15 is 0 Å². The standard InChI is InChI=1S/C29H31N3O4/c33-27(19-31-13-15-35-16-14-31)32-11-7-21(8-12-32)26-18-24(20-5-9-30-10-6-20)29(36-26)25-17-22-3-1-2-4-23(22)28(25)34/h1-6,9-10,18,21,25H,7-8,11-17,19H2. The van der Waals surface area contributed by atoms with Crippen molar-refractivity contribution >= 4 is 11.7 Å². The van der Waals surface area contributed by atoms with Crippen LogP contribution in [0.2, 0.25) is 0 Å². The van der Waals surface area contributed by atoms with Crippen molar-refractivity contribution in [2.45, 2.75) is 31.1 Å². The van der Waals surface area contributed by atoms with Gasteiger partial charge in [0.15, 0.2) is 5.78 Å². The maximum Gasteiger partial charge on any atom is 0.236 e. The summed E-state index contributed by atoms with van der Waals surface area (Å²) in [6, 6.07) is 13.9. The third kappa shape index (κ3) is 4.49. The van der Waals surface area contributed by atoms with Gasteiger partial charge in [-0.15, -0.1) is 0 Å². The molecule has 1 aromatic carbocycles. The van der Waals surface area contributed by atoms with Crippen molar-refractivity contribution in [1.29, 1.82) is 0 Å². The Kier molecular flexibility index (Phi) is 6.42. The number of Topliss-reactive ketones (excluding diaryl/α,β-unsaturated/α-hetero) is 1. The van der Waals surface area contributed by atoms with Crippen LogP contribution in [0, 0.1) is 0 Å². The van der Waals surface area contributed by atoms with Gasteiger partial charge >= 0.3 is 0 Å². The van der Waals surface area contributed by atoms with Crippen LogP contribution < -0.4 is 0 Å². The lowest BCUT2D eigenvalue weighted by molar-refractivity contribution is -0.134. The Morgan fingerprint density at radius 1 is 0.972 bits per heavy atom. The highest BCUT2D eigenvalue weighted by atomic mass is 16.5. The van der Waals surface area contributed by atoms with E-state index in [0.29, 0.717) is 26.2 Å². The third-order valence-corrected chi connectivity index (χ3v) is 7.82. The Hall–Kier alpha value is -3.29. The van der Waals surface area contributed by atoms with Gasteiger partial charge in [-0.05, 0) is 48.6 Å². The number of aromatic nitrogens is 1. The van der Waals surface area contributed by atoms with Crippen molar-refractivity contribution in [2.75, 3.05) is 45.9 Å². The maximum atomic E-state index is 13.3. The van der Waals surface area contributed by atoms with Crippen LogP contribution in [-0.2, 0) is 16.0 Å². The highest BCUT2D eigenvalue weighted by molar-refractivity contribution is 6.05. The smallest absolute Gasteiger partial charge is 0.236 e. The minimum absolute atomic E-state index is 0.130. The number of ether oxygens (including phenoxy) is 1. The number of benzene rings is 1. The Morgan fingerprint density at radius 2 is 1.72 bits per heavy atom. The van der Waals surface area contributed by atoms with Crippen LogP contribution in [0.3, 0.4) is 0 Å². The van der Waals surface area contributed by atoms with Gasteiger partial charge in [0.05, 0.1) is 25.7 Å². The molecule has 2 fully saturated rings. The van der Waals surface area contributed by atoms with Crippen molar-refractivity contribution in [2.24, 2.45) is 0 Å². The molecule has 186 valence electrons. The summed E-state index contributed by atoms with van der Waals surface area (Å²) in [7, 11) is 0. The summed E-state index contributed by atoms with van der Waals surface area (Å²) in [6.45, 7) is 4.95. The predicted molar refractivity (Wildman–Crippen MR) is 135 cm³/mol. The first-order chi connectivity index (χ1) is 17.7. The minimum atomic E-state index is -0.311. The van der Waals surface area contributed by atoms with E-state index in [1.807, 2.05) is 41.3 Å². The highest BCUT2D eigenvalue weighted by Crippen LogP contribution is 2.42. The van der Waals surface area contributed by atoms with Gasteiger partial charge in [0.25, 0.3) is 0 Å². The van der Waals surface area contributed by atoms with E-state index in [-0.39, 0.29) is 23.5 Å². The fraction of sp³-hybridized carbons (Fsp3) is 0.414. The van der Waals surface area contributed by atoms with Gasteiger partial charge in [-0.3, -0.25) is 19.5 Å². The first-order valence-electron chi connectivity index (χ1n) is 12.9. The molecule has 4 heterocycles. The first-order valence-corrected chi connectivity index (χ1v) is 12.9. The number of carbonyl (C=O) groups is 2. The Bertz CT molecular complexity index is 1240. The molecular weight excluding hydrogens is 454 g/mol. The summed E-state index contributed by atoms with van der Waals surface area (Å²) in [4.78, 5) is 34.5. The van der Waals surface area contributed by atoms with E-state index in [0.717, 1.165) is 72.8 Å². The second kappa shape index (κ2) is 9.99. The molecule has 0 spiro atoms. The summed E-state index contributed by atoms with van der Waals surface area (Å²) >= 11 is 0. The molecule has 1 atom stereocenters. The molecule has 1 aliphatic carbocycles. The molecule has 6 rings (SSSR count). The monoisotopic (exact) mass is 485 g/mol. The average molecular weight is 486 g/mol. The zero-order chi connectivity index (χ0) is 24.5. The van der Waals surface area contributed by atoms with E-state index in [9.17, 15) is 9.59 Å². The molecule has 1 amide bonds. The molecule has 7 heteroatoms. The molecule has 7 nitrogen and oxygen atoms in total. The summed E-state index contributed by atoms with van der Waals surface area (Å²) < 4.78 is 11.9. The van der Waals surface area contributed by atoms with Crippen molar-refractivity contribution in [3.8, 4) is 11.1 Å². The second-order valence-corrected chi connectivity index (χ2v) is 9.98. The zero-order valence-electron chi connectivity index (χ0n) is 20.4. The molecular formula is C29H31N3O4. The molecule has 0 N–H and O–H groups in total. The number of furan rings is 1. The first kappa shape index (κ1) is 23.1.